The highest BCUT2D eigenvalue weighted by atomic mass is 79.9. The molecule has 2 rings (SSSR count). The molecule has 1 N–H and O–H groups in total. The van der Waals surface area contributed by atoms with Gasteiger partial charge < -0.3 is 10.1 Å². The fourth-order valence-electron chi connectivity index (χ4n) is 1.75. The lowest BCUT2D eigenvalue weighted by Gasteiger charge is -2.10. The van der Waals surface area contributed by atoms with Gasteiger partial charge >= 0.3 is 0 Å². The van der Waals surface area contributed by atoms with E-state index in [2.05, 4.69) is 21.2 Å². The molecular weight excluding hydrogens is 326 g/mol. The van der Waals surface area contributed by atoms with Gasteiger partial charge in [-0.25, -0.2) is 0 Å². The SMILES string of the molecule is CNCc1ccc(Oc2ccc(Br)c(C)c2)c(Cl)c1. The Morgan fingerprint density at radius 2 is 2.00 bits per heavy atom. The summed E-state index contributed by atoms with van der Waals surface area (Å²) in [4.78, 5) is 0. The summed E-state index contributed by atoms with van der Waals surface area (Å²) in [5.41, 5.74) is 2.26. The number of hydrogen-bond acceptors (Lipinski definition) is 2. The van der Waals surface area contributed by atoms with Crippen molar-refractivity contribution >= 4 is 27.5 Å². The molecule has 0 aromatic heterocycles. The summed E-state index contributed by atoms with van der Waals surface area (Å²) in [6, 6.07) is 11.7. The van der Waals surface area contributed by atoms with Crippen LogP contribution in [0.2, 0.25) is 5.02 Å². The van der Waals surface area contributed by atoms with Gasteiger partial charge in [-0.2, -0.15) is 0 Å². The molecule has 0 aliphatic carbocycles. The Labute approximate surface area is 126 Å². The number of ether oxygens (including phenoxy) is 1. The average molecular weight is 341 g/mol. The number of rotatable bonds is 4. The van der Waals surface area contributed by atoms with E-state index in [-0.39, 0.29) is 0 Å². The van der Waals surface area contributed by atoms with Crippen molar-refractivity contribution in [3.8, 4) is 11.5 Å². The average Bonchev–Trinajstić information content (AvgIpc) is 2.37. The fraction of sp³-hybridized carbons (Fsp3) is 0.200. The van der Waals surface area contributed by atoms with Crippen LogP contribution in [0.4, 0.5) is 0 Å². The van der Waals surface area contributed by atoms with E-state index in [1.165, 1.54) is 0 Å². The van der Waals surface area contributed by atoms with Crippen molar-refractivity contribution in [3.05, 3.63) is 57.0 Å². The first kappa shape index (κ1) is 14.4. The molecule has 4 heteroatoms. The molecule has 0 saturated carbocycles. The quantitative estimate of drug-likeness (QED) is 0.852. The van der Waals surface area contributed by atoms with E-state index in [0.717, 1.165) is 27.9 Å². The first-order chi connectivity index (χ1) is 9.10. The van der Waals surface area contributed by atoms with Crippen LogP contribution in [0.5, 0.6) is 11.5 Å². The standard InChI is InChI=1S/C15H15BrClNO/c1-10-7-12(4-5-13(10)16)19-15-6-3-11(9-18-2)8-14(15)17/h3-8,18H,9H2,1-2H3. The van der Waals surface area contributed by atoms with Crippen molar-refractivity contribution in [2.75, 3.05) is 7.05 Å². The van der Waals surface area contributed by atoms with Crippen LogP contribution in [0.25, 0.3) is 0 Å². The molecule has 0 radical (unpaired) electrons. The summed E-state index contributed by atoms with van der Waals surface area (Å²) in [5.74, 6) is 1.45. The van der Waals surface area contributed by atoms with Gasteiger partial charge in [0.25, 0.3) is 0 Å². The third-order valence-corrected chi connectivity index (χ3v) is 3.92. The first-order valence-electron chi connectivity index (χ1n) is 5.97. The van der Waals surface area contributed by atoms with E-state index < -0.39 is 0 Å². The van der Waals surface area contributed by atoms with Gasteiger partial charge in [-0.3, -0.25) is 0 Å². The van der Waals surface area contributed by atoms with E-state index in [1.54, 1.807) is 0 Å². The van der Waals surface area contributed by atoms with Gasteiger partial charge in [0.05, 0.1) is 5.02 Å². The highest BCUT2D eigenvalue weighted by molar-refractivity contribution is 9.10. The number of halogens is 2. The Kier molecular flexibility index (Phi) is 4.86. The Hall–Kier alpha value is -1.03. The lowest BCUT2D eigenvalue weighted by Crippen LogP contribution is -2.04. The molecule has 0 atom stereocenters. The molecule has 19 heavy (non-hydrogen) atoms. The fourth-order valence-corrected chi connectivity index (χ4v) is 2.24. The Balaban J connectivity index is 2.20. The molecule has 0 heterocycles. The number of benzene rings is 2. The third-order valence-electron chi connectivity index (χ3n) is 2.73. The molecule has 100 valence electrons. The molecule has 0 bridgehead atoms. The second-order valence-electron chi connectivity index (χ2n) is 4.31. The Morgan fingerprint density at radius 1 is 1.21 bits per heavy atom. The molecule has 0 saturated heterocycles. The van der Waals surface area contributed by atoms with Crippen molar-refractivity contribution in [3.63, 3.8) is 0 Å². The summed E-state index contributed by atoms with van der Waals surface area (Å²) in [6.45, 7) is 2.81. The zero-order chi connectivity index (χ0) is 13.8. The maximum atomic E-state index is 6.22. The van der Waals surface area contributed by atoms with E-state index in [4.69, 9.17) is 16.3 Å². The third kappa shape index (κ3) is 3.72. The van der Waals surface area contributed by atoms with Crippen LogP contribution in [0.15, 0.2) is 40.9 Å². The van der Waals surface area contributed by atoms with Crippen LogP contribution < -0.4 is 10.1 Å². The van der Waals surface area contributed by atoms with Gasteiger partial charge in [0.1, 0.15) is 11.5 Å². The maximum Gasteiger partial charge on any atom is 0.146 e. The minimum absolute atomic E-state index is 0.619. The van der Waals surface area contributed by atoms with Crippen molar-refractivity contribution in [1.82, 2.24) is 5.32 Å². The van der Waals surface area contributed by atoms with E-state index in [9.17, 15) is 0 Å². The van der Waals surface area contributed by atoms with Gasteiger partial charge in [0.2, 0.25) is 0 Å². The number of nitrogens with one attached hydrogen (secondary N) is 1. The molecular formula is C15H15BrClNO. The van der Waals surface area contributed by atoms with Gasteiger partial charge in [-0.15, -0.1) is 0 Å². The summed E-state index contributed by atoms with van der Waals surface area (Å²) in [5, 5.41) is 3.71. The van der Waals surface area contributed by atoms with Crippen LogP contribution in [0.1, 0.15) is 11.1 Å². The summed E-state index contributed by atoms with van der Waals surface area (Å²) >= 11 is 9.69. The van der Waals surface area contributed by atoms with Crippen LogP contribution in [-0.2, 0) is 6.54 Å². The topological polar surface area (TPSA) is 21.3 Å². The molecule has 0 amide bonds. The molecule has 0 fully saturated rings. The normalized spacial score (nSPS) is 10.5. The van der Waals surface area contributed by atoms with Gasteiger partial charge in [-0.1, -0.05) is 33.6 Å². The molecule has 0 aliphatic heterocycles. The Morgan fingerprint density at radius 3 is 2.63 bits per heavy atom. The predicted octanol–water partition coefficient (Wildman–Crippen LogP) is 4.92. The van der Waals surface area contributed by atoms with Crippen LogP contribution >= 0.6 is 27.5 Å². The van der Waals surface area contributed by atoms with Crippen LogP contribution in [-0.4, -0.2) is 7.05 Å². The van der Waals surface area contributed by atoms with Crippen molar-refractivity contribution in [2.24, 2.45) is 0 Å². The second kappa shape index (κ2) is 6.42. The molecule has 2 aromatic rings. The van der Waals surface area contributed by atoms with Crippen LogP contribution in [0, 0.1) is 6.92 Å². The zero-order valence-electron chi connectivity index (χ0n) is 10.8. The Bertz CT molecular complexity index is 586. The van der Waals surface area contributed by atoms with E-state index >= 15 is 0 Å². The van der Waals surface area contributed by atoms with Crippen molar-refractivity contribution in [2.45, 2.75) is 13.5 Å². The summed E-state index contributed by atoms with van der Waals surface area (Å²) in [6.07, 6.45) is 0. The molecule has 0 unspecified atom stereocenters. The van der Waals surface area contributed by atoms with E-state index in [0.29, 0.717) is 10.8 Å². The highest BCUT2D eigenvalue weighted by Crippen LogP contribution is 2.31. The molecule has 2 aromatic carbocycles. The highest BCUT2D eigenvalue weighted by Gasteiger charge is 2.05. The van der Waals surface area contributed by atoms with Crippen molar-refractivity contribution < 1.29 is 4.74 Å². The van der Waals surface area contributed by atoms with Gasteiger partial charge in [0, 0.05) is 11.0 Å². The summed E-state index contributed by atoms with van der Waals surface area (Å²) in [7, 11) is 1.91. The van der Waals surface area contributed by atoms with Crippen molar-refractivity contribution in [1.29, 1.82) is 0 Å². The smallest absolute Gasteiger partial charge is 0.146 e. The predicted molar refractivity (Wildman–Crippen MR) is 83.2 cm³/mol. The largest absolute Gasteiger partial charge is 0.456 e. The molecule has 2 nitrogen and oxygen atoms in total. The lowest BCUT2D eigenvalue weighted by atomic mass is 10.2. The monoisotopic (exact) mass is 339 g/mol. The first-order valence-corrected chi connectivity index (χ1v) is 7.14. The van der Waals surface area contributed by atoms with Crippen LogP contribution in [0.3, 0.4) is 0 Å². The van der Waals surface area contributed by atoms with Gasteiger partial charge in [0.15, 0.2) is 0 Å². The van der Waals surface area contributed by atoms with E-state index in [1.807, 2.05) is 50.4 Å². The summed E-state index contributed by atoms with van der Waals surface area (Å²) < 4.78 is 6.87. The minimum Gasteiger partial charge on any atom is -0.456 e. The lowest BCUT2D eigenvalue weighted by molar-refractivity contribution is 0.482. The number of hydrogen-bond donors (Lipinski definition) is 1. The van der Waals surface area contributed by atoms with Gasteiger partial charge in [-0.05, 0) is 55.4 Å². The minimum atomic E-state index is 0.619. The molecule has 0 aliphatic rings. The zero-order valence-corrected chi connectivity index (χ0v) is 13.2. The second-order valence-corrected chi connectivity index (χ2v) is 5.57. The maximum absolute atomic E-state index is 6.22. The molecule has 0 spiro atoms. The number of aryl methyl sites for hydroxylation is 1.